The molecular weight excluding hydrogens is 339 g/mol. The monoisotopic (exact) mass is 358 g/mol. The van der Waals surface area contributed by atoms with Crippen molar-refractivity contribution in [1.29, 1.82) is 0 Å². The van der Waals surface area contributed by atoms with E-state index < -0.39 is 11.7 Å². The highest BCUT2D eigenvalue weighted by Gasteiger charge is 2.05. The Kier molecular flexibility index (Phi) is 7.17. The summed E-state index contributed by atoms with van der Waals surface area (Å²) in [6.07, 6.45) is 3.09. The van der Waals surface area contributed by atoms with Gasteiger partial charge >= 0.3 is 0 Å². The average molecular weight is 358 g/mol. The molecule has 1 N–H and O–H groups in total. The van der Waals surface area contributed by atoms with Crippen LogP contribution in [0.2, 0.25) is 0 Å². The van der Waals surface area contributed by atoms with Gasteiger partial charge in [-0.2, -0.15) is 5.10 Å². The molecule has 0 aliphatic carbocycles. The molecule has 136 valence electrons. The van der Waals surface area contributed by atoms with E-state index in [9.17, 15) is 9.18 Å². The zero-order valence-electron chi connectivity index (χ0n) is 14.3. The van der Waals surface area contributed by atoms with Crippen molar-refractivity contribution in [2.75, 3.05) is 20.3 Å². The standard InChI is InChI=1S/C19H19FN2O4/c1-3-9-25-17-8-7-14(10-18(17)24-2)12-21-22-19(23)13-26-16-6-4-5-15(20)11-16/h3-8,10-12H,1,9,13H2,2H3,(H,22,23)/b21-12-. The van der Waals surface area contributed by atoms with Gasteiger partial charge in [0, 0.05) is 6.07 Å². The minimum Gasteiger partial charge on any atom is -0.493 e. The average Bonchev–Trinajstić information content (AvgIpc) is 2.65. The fourth-order valence-corrected chi connectivity index (χ4v) is 1.95. The molecular formula is C19H19FN2O4. The lowest BCUT2D eigenvalue weighted by Crippen LogP contribution is -2.24. The molecule has 2 aromatic carbocycles. The minimum atomic E-state index is -0.469. The first-order chi connectivity index (χ1) is 12.6. The van der Waals surface area contributed by atoms with Gasteiger partial charge in [-0.15, -0.1) is 0 Å². The van der Waals surface area contributed by atoms with Gasteiger partial charge in [-0.3, -0.25) is 4.79 Å². The fraction of sp³-hybridized carbons (Fsp3) is 0.158. The quantitative estimate of drug-likeness (QED) is 0.425. The summed E-state index contributed by atoms with van der Waals surface area (Å²) < 4.78 is 28.9. The van der Waals surface area contributed by atoms with E-state index in [0.717, 1.165) is 0 Å². The largest absolute Gasteiger partial charge is 0.493 e. The van der Waals surface area contributed by atoms with Crippen molar-refractivity contribution in [2.24, 2.45) is 5.10 Å². The maximum absolute atomic E-state index is 13.0. The van der Waals surface area contributed by atoms with Crippen LogP contribution in [-0.2, 0) is 4.79 Å². The number of ether oxygens (including phenoxy) is 3. The fourth-order valence-electron chi connectivity index (χ4n) is 1.95. The minimum absolute atomic E-state index is 0.268. The number of amides is 1. The molecule has 0 fully saturated rings. The Morgan fingerprint density at radius 1 is 1.23 bits per heavy atom. The lowest BCUT2D eigenvalue weighted by molar-refractivity contribution is -0.123. The number of methoxy groups -OCH3 is 1. The van der Waals surface area contributed by atoms with Gasteiger partial charge in [-0.1, -0.05) is 18.7 Å². The van der Waals surface area contributed by atoms with Gasteiger partial charge < -0.3 is 14.2 Å². The first-order valence-electron chi connectivity index (χ1n) is 7.74. The molecule has 0 radical (unpaired) electrons. The number of hydrazone groups is 1. The molecule has 0 aliphatic rings. The number of rotatable bonds is 9. The van der Waals surface area contributed by atoms with E-state index in [1.165, 1.54) is 31.5 Å². The van der Waals surface area contributed by atoms with Crippen LogP contribution in [0.3, 0.4) is 0 Å². The zero-order chi connectivity index (χ0) is 18.8. The summed E-state index contributed by atoms with van der Waals surface area (Å²) in [6, 6.07) is 10.8. The van der Waals surface area contributed by atoms with Crippen LogP contribution in [0.5, 0.6) is 17.2 Å². The molecule has 0 spiro atoms. The van der Waals surface area contributed by atoms with Crippen molar-refractivity contribution in [2.45, 2.75) is 0 Å². The highest BCUT2D eigenvalue weighted by Crippen LogP contribution is 2.27. The van der Waals surface area contributed by atoms with E-state index in [1.807, 2.05) is 0 Å². The Labute approximate surface area is 150 Å². The van der Waals surface area contributed by atoms with E-state index in [-0.39, 0.29) is 12.4 Å². The molecule has 1 amide bonds. The normalized spacial score (nSPS) is 10.4. The molecule has 0 unspecified atom stereocenters. The number of carbonyl (C=O) groups excluding carboxylic acids is 1. The van der Waals surface area contributed by atoms with E-state index in [2.05, 4.69) is 17.1 Å². The molecule has 0 saturated carbocycles. The molecule has 7 heteroatoms. The van der Waals surface area contributed by atoms with Crippen molar-refractivity contribution in [3.05, 3.63) is 66.5 Å². The van der Waals surface area contributed by atoms with Crippen molar-refractivity contribution in [3.63, 3.8) is 0 Å². The van der Waals surface area contributed by atoms with Crippen LogP contribution in [-0.4, -0.2) is 32.4 Å². The van der Waals surface area contributed by atoms with Gasteiger partial charge in [0.15, 0.2) is 18.1 Å². The molecule has 2 rings (SSSR count). The molecule has 0 aromatic heterocycles. The lowest BCUT2D eigenvalue weighted by atomic mass is 10.2. The molecule has 2 aromatic rings. The summed E-state index contributed by atoms with van der Waals surface area (Å²) in [4.78, 5) is 11.7. The molecule has 0 heterocycles. The molecule has 26 heavy (non-hydrogen) atoms. The summed E-state index contributed by atoms with van der Waals surface area (Å²) in [5.74, 6) is 0.483. The highest BCUT2D eigenvalue weighted by molar-refractivity contribution is 5.83. The second-order valence-electron chi connectivity index (χ2n) is 5.05. The van der Waals surface area contributed by atoms with E-state index in [1.54, 1.807) is 30.3 Å². The summed E-state index contributed by atoms with van der Waals surface area (Å²) in [5.41, 5.74) is 3.04. The van der Waals surface area contributed by atoms with Gasteiger partial charge in [0.05, 0.1) is 13.3 Å². The van der Waals surface area contributed by atoms with E-state index in [0.29, 0.717) is 23.7 Å². The third-order valence-corrected chi connectivity index (χ3v) is 3.11. The predicted molar refractivity (Wildman–Crippen MR) is 96.3 cm³/mol. The van der Waals surface area contributed by atoms with Crippen LogP contribution in [0, 0.1) is 5.82 Å². The lowest BCUT2D eigenvalue weighted by Gasteiger charge is -2.09. The smallest absolute Gasteiger partial charge is 0.277 e. The molecule has 6 nitrogen and oxygen atoms in total. The Morgan fingerprint density at radius 2 is 2.08 bits per heavy atom. The van der Waals surface area contributed by atoms with Crippen LogP contribution in [0.1, 0.15) is 5.56 Å². The molecule has 0 atom stereocenters. The van der Waals surface area contributed by atoms with Crippen molar-refractivity contribution in [3.8, 4) is 17.2 Å². The Bertz CT molecular complexity index is 793. The second kappa shape index (κ2) is 9.83. The number of halogens is 1. The third-order valence-electron chi connectivity index (χ3n) is 3.11. The number of nitrogens with zero attached hydrogens (tertiary/aromatic N) is 1. The first-order valence-corrected chi connectivity index (χ1v) is 7.74. The maximum Gasteiger partial charge on any atom is 0.277 e. The van der Waals surface area contributed by atoms with Gasteiger partial charge in [0.25, 0.3) is 5.91 Å². The van der Waals surface area contributed by atoms with Crippen molar-refractivity contribution in [1.82, 2.24) is 5.43 Å². The predicted octanol–water partition coefficient (Wildman–Crippen LogP) is 2.93. The summed E-state index contributed by atoms with van der Waals surface area (Å²) >= 11 is 0. The molecule has 0 saturated heterocycles. The molecule has 0 aliphatic heterocycles. The van der Waals surface area contributed by atoms with E-state index >= 15 is 0 Å². The highest BCUT2D eigenvalue weighted by atomic mass is 19.1. The van der Waals surface area contributed by atoms with Crippen LogP contribution >= 0.6 is 0 Å². The topological polar surface area (TPSA) is 69.2 Å². The van der Waals surface area contributed by atoms with Gasteiger partial charge in [-0.25, -0.2) is 9.82 Å². The van der Waals surface area contributed by atoms with Crippen LogP contribution in [0.4, 0.5) is 4.39 Å². The number of nitrogens with one attached hydrogen (secondary N) is 1. The van der Waals surface area contributed by atoms with Gasteiger partial charge in [-0.05, 0) is 35.9 Å². The van der Waals surface area contributed by atoms with Crippen LogP contribution < -0.4 is 19.6 Å². The zero-order valence-corrected chi connectivity index (χ0v) is 14.3. The van der Waals surface area contributed by atoms with E-state index in [4.69, 9.17) is 14.2 Å². The Balaban J connectivity index is 1.86. The number of hydrogen-bond donors (Lipinski definition) is 1. The number of carbonyl (C=O) groups is 1. The first kappa shape index (κ1) is 19.0. The summed E-state index contributed by atoms with van der Waals surface area (Å²) in [6.45, 7) is 3.68. The van der Waals surface area contributed by atoms with Crippen LogP contribution in [0.25, 0.3) is 0 Å². The van der Waals surface area contributed by atoms with Crippen LogP contribution in [0.15, 0.2) is 60.2 Å². The number of benzene rings is 2. The number of hydrogen-bond acceptors (Lipinski definition) is 5. The van der Waals surface area contributed by atoms with Gasteiger partial charge in [0.1, 0.15) is 18.2 Å². The Morgan fingerprint density at radius 3 is 2.81 bits per heavy atom. The Hall–Kier alpha value is -3.35. The van der Waals surface area contributed by atoms with Crippen molar-refractivity contribution < 1.29 is 23.4 Å². The summed E-state index contributed by atoms with van der Waals surface area (Å²) in [7, 11) is 1.53. The van der Waals surface area contributed by atoms with Crippen molar-refractivity contribution >= 4 is 12.1 Å². The molecule has 0 bridgehead atoms. The SMILES string of the molecule is C=CCOc1ccc(/C=N\NC(=O)COc2cccc(F)c2)cc1OC. The summed E-state index contributed by atoms with van der Waals surface area (Å²) in [5, 5.41) is 3.85. The van der Waals surface area contributed by atoms with Gasteiger partial charge in [0.2, 0.25) is 0 Å². The maximum atomic E-state index is 13.0. The second-order valence-corrected chi connectivity index (χ2v) is 5.05. The third kappa shape index (κ3) is 5.94.